The SMILES string of the molecule is Cc1c(/C=N\NC(=O)/C(=C/c2cccs2)NC(=O)c2ccccc2)c2ccccc2n1Cc1ccccc1. The van der Waals surface area contributed by atoms with Crippen molar-refractivity contribution in [1.29, 1.82) is 0 Å². The molecule has 0 bridgehead atoms. The molecule has 2 aromatic heterocycles. The molecule has 0 saturated heterocycles. The van der Waals surface area contributed by atoms with Crippen LogP contribution in [0.3, 0.4) is 0 Å². The molecule has 188 valence electrons. The zero-order chi connectivity index (χ0) is 26.3. The fourth-order valence-corrected chi connectivity index (χ4v) is 4.92. The van der Waals surface area contributed by atoms with E-state index in [1.165, 1.54) is 16.9 Å². The molecule has 0 spiro atoms. The molecule has 5 rings (SSSR count). The number of nitrogens with zero attached hydrogens (tertiary/aromatic N) is 2. The van der Waals surface area contributed by atoms with Crippen molar-refractivity contribution in [3.05, 3.63) is 135 Å². The van der Waals surface area contributed by atoms with Crippen LogP contribution in [-0.4, -0.2) is 22.6 Å². The summed E-state index contributed by atoms with van der Waals surface area (Å²) >= 11 is 1.47. The van der Waals surface area contributed by atoms with E-state index in [0.29, 0.717) is 5.56 Å². The summed E-state index contributed by atoms with van der Waals surface area (Å²) in [6.07, 6.45) is 3.31. The quantitative estimate of drug-likeness (QED) is 0.151. The third kappa shape index (κ3) is 5.63. The Bertz CT molecular complexity index is 1620. The zero-order valence-corrected chi connectivity index (χ0v) is 21.6. The van der Waals surface area contributed by atoms with Crippen LogP contribution in [0.15, 0.2) is 113 Å². The van der Waals surface area contributed by atoms with Gasteiger partial charge in [-0.15, -0.1) is 11.3 Å². The number of aromatic nitrogens is 1. The first-order chi connectivity index (χ1) is 18.6. The number of benzene rings is 3. The number of thiophene rings is 1. The standard InChI is InChI=1S/C31H26N4O2S/c1-22-27(26-16-8-9-17-29(26)35(22)21-23-11-4-2-5-12-23)20-32-34-31(37)28(19-25-15-10-18-38-25)33-30(36)24-13-6-3-7-14-24/h2-20H,21H2,1H3,(H,33,36)(H,34,37)/b28-19-,32-20-. The van der Waals surface area contributed by atoms with E-state index < -0.39 is 5.91 Å². The van der Waals surface area contributed by atoms with Crippen molar-refractivity contribution in [1.82, 2.24) is 15.3 Å². The highest BCUT2D eigenvalue weighted by Crippen LogP contribution is 2.25. The first-order valence-electron chi connectivity index (χ1n) is 12.2. The summed E-state index contributed by atoms with van der Waals surface area (Å²) in [6, 6.07) is 31.0. The van der Waals surface area contributed by atoms with Crippen LogP contribution in [0.2, 0.25) is 0 Å². The van der Waals surface area contributed by atoms with Gasteiger partial charge >= 0.3 is 0 Å². The Hall–Kier alpha value is -4.75. The van der Waals surface area contributed by atoms with Crippen molar-refractivity contribution < 1.29 is 9.59 Å². The molecule has 0 aliphatic heterocycles. The predicted octanol–water partition coefficient (Wildman–Crippen LogP) is 5.98. The van der Waals surface area contributed by atoms with E-state index in [9.17, 15) is 9.59 Å². The number of amides is 2. The molecule has 2 N–H and O–H groups in total. The third-order valence-electron chi connectivity index (χ3n) is 6.18. The van der Waals surface area contributed by atoms with Crippen LogP contribution in [0.5, 0.6) is 0 Å². The largest absolute Gasteiger partial charge is 0.340 e. The highest BCUT2D eigenvalue weighted by atomic mass is 32.1. The Balaban J connectivity index is 1.39. The van der Waals surface area contributed by atoms with E-state index in [4.69, 9.17) is 0 Å². The summed E-state index contributed by atoms with van der Waals surface area (Å²) in [5, 5.41) is 9.96. The summed E-state index contributed by atoms with van der Waals surface area (Å²) in [5.41, 5.74) is 7.43. The lowest BCUT2D eigenvalue weighted by Crippen LogP contribution is -2.32. The molecule has 5 aromatic rings. The second-order valence-corrected chi connectivity index (χ2v) is 9.66. The minimum Gasteiger partial charge on any atom is -0.340 e. The van der Waals surface area contributed by atoms with Crippen LogP contribution in [0.25, 0.3) is 17.0 Å². The monoisotopic (exact) mass is 518 g/mol. The summed E-state index contributed by atoms with van der Waals surface area (Å²) in [7, 11) is 0. The minimum absolute atomic E-state index is 0.113. The molecule has 2 amide bonds. The van der Waals surface area contributed by atoms with E-state index in [0.717, 1.165) is 33.6 Å². The van der Waals surface area contributed by atoms with Crippen molar-refractivity contribution in [2.45, 2.75) is 13.5 Å². The fraction of sp³-hybridized carbons (Fsp3) is 0.0645. The zero-order valence-electron chi connectivity index (χ0n) is 20.8. The summed E-state index contributed by atoms with van der Waals surface area (Å²) in [6.45, 7) is 2.78. The topological polar surface area (TPSA) is 75.5 Å². The second-order valence-electron chi connectivity index (χ2n) is 8.68. The molecule has 0 saturated carbocycles. The summed E-state index contributed by atoms with van der Waals surface area (Å²) < 4.78 is 2.25. The smallest absolute Gasteiger partial charge is 0.287 e. The second kappa shape index (κ2) is 11.5. The molecule has 0 atom stereocenters. The fourth-order valence-electron chi connectivity index (χ4n) is 4.26. The van der Waals surface area contributed by atoms with Crippen molar-refractivity contribution in [2.75, 3.05) is 0 Å². The normalized spacial score (nSPS) is 11.7. The molecule has 0 radical (unpaired) electrons. The molecular weight excluding hydrogens is 492 g/mol. The van der Waals surface area contributed by atoms with E-state index in [1.807, 2.05) is 60.8 Å². The van der Waals surface area contributed by atoms with Gasteiger partial charge in [0.05, 0.1) is 6.21 Å². The number of fused-ring (bicyclic) bond motifs is 1. The molecule has 0 unspecified atom stereocenters. The minimum atomic E-state index is -0.510. The Morgan fingerprint density at radius 2 is 1.61 bits per heavy atom. The first-order valence-corrected chi connectivity index (χ1v) is 13.0. The number of nitrogens with one attached hydrogen (secondary N) is 2. The van der Waals surface area contributed by atoms with Gasteiger partial charge < -0.3 is 9.88 Å². The Kier molecular flexibility index (Phi) is 7.57. The van der Waals surface area contributed by atoms with Gasteiger partial charge in [-0.25, -0.2) is 5.43 Å². The van der Waals surface area contributed by atoms with Crippen LogP contribution in [-0.2, 0) is 11.3 Å². The van der Waals surface area contributed by atoms with Gasteiger partial charge in [0.1, 0.15) is 5.70 Å². The average molecular weight is 519 g/mol. The van der Waals surface area contributed by atoms with Crippen molar-refractivity contribution in [2.24, 2.45) is 5.10 Å². The van der Waals surface area contributed by atoms with Crippen molar-refractivity contribution in [3.63, 3.8) is 0 Å². The van der Waals surface area contributed by atoms with Gasteiger partial charge in [-0.05, 0) is 48.2 Å². The van der Waals surface area contributed by atoms with E-state index in [2.05, 4.69) is 44.7 Å². The summed E-state index contributed by atoms with van der Waals surface area (Å²) in [4.78, 5) is 26.7. The van der Waals surface area contributed by atoms with Gasteiger partial charge in [0.2, 0.25) is 0 Å². The molecule has 0 fully saturated rings. The number of carbonyl (C=O) groups excluding carboxylic acids is 2. The molecule has 0 aliphatic rings. The van der Waals surface area contributed by atoms with E-state index >= 15 is 0 Å². The number of hydrogen-bond acceptors (Lipinski definition) is 4. The van der Waals surface area contributed by atoms with Gasteiger partial charge in [-0.1, -0.05) is 72.8 Å². The lowest BCUT2D eigenvalue weighted by Gasteiger charge is -2.09. The third-order valence-corrected chi connectivity index (χ3v) is 7.00. The lowest BCUT2D eigenvalue weighted by molar-refractivity contribution is -0.117. The van der Waals surface area contributed by atoms with Crippen molar-refractivity contribution in [3.8, 4) is 0 Å². The number of rotatable bonds is 8. The van der Waals surface area contributed by atoms with Gasteiger partial charge in [0.15, 0.2) is 0 Å². The van der Waals surface area contributed by atoms with Gasteiger partial charge in [-0.3, -0.25) is 9.59 Å². The number of hydrogen-bond donors (Lipinski definition) is 2. The molecule has 2 heterocycles. The Morgan fingerprint density at radius 1 is 0.895 bits per heavy atom. The lowest BCUT2D eigenvalue weighted by atomic mass is 10.1. The highest BCUT2D eigenvalue weighted by molar-refractivity contribution is 7.10. The van der Waals surface area contributed by atoms with Crippen LogP contribution < -0.4 is 10.7 Å². The van der Waals surface area contributed by atoms with Crippen LogP contribution in [0.4, 0.5) is 0 Å². The Morgan fingerprint density at radius 3 is 2.34 bits per heavy atom. The molecule has 0 aliphatic carbocycles. The van der Waals surface area contributed by atoms with Crippen LogP contribution in [0.1, 0.15) is 32.1 Å². The maximum Gasteiger partial charge on any atom is 0.287 e. The van der Waals surface area contributed by atoms with Gasteiger partial charge in [-0.2, -0.15) is 5.10 Å². The highest BCUT2D eigenvalue weighted by Gasteiger charge is 2.16. The van der Waals surface area contributed by atoms with Gasteiger partial charge in [0, 0.05) is 39.1 Å². The molecule has 38 heavy (non-hydrogen) atoms. The number of para-hydroxylation sites is 1. The van der Waals surface area contributed by atoms with Gasteiger partial charge in [0.25, 0.3) is 11.8 Å². The Labute approximate surface area is 224 Å². The maximum atomic E-state index is 13.1. The number of hydrazone groups is 1. The van der Waals surface area contributed by atoms with Crippen molar-refractivity contribution >= 4 is 46.3 Å². The molecule has 7 heteroatoms. The molecule has 3 aromatic carbocycles. The molecular formula is C31H26N4O2S. The first kappa shape index (κ1) is 24.9. The van der Waals surface area contributed by atoms with Crippen LogP contribution in [0, 0.1) is 6.92 Å². The molecule has 6 nitrogen and oxygen atoms in total. The average Bonchev–Trinajstić information content (AvgIpc) is 3.56. The summed E-state index contributed by atoms with van der Waals surface area (Å²) in [5.74, 6) is -0.878. The predicted molar refractivity (Wildman–Crippen MR) is 154 cm³/mol. The van der Waals surface area contributed by atoms with E-state index in [-0.39, 0.29) is 11.6 Å². The number of carbonyl (C=O) groups is 2. The van der Waals surface area contributed by atoms with Crippen LogP contribution >= 0.6 is 11.3 Å². The van der Waals surface area contributed by atoms with E-state index in [1.54, 1.807) is 36.6 Å². The maximum absolute atomic E-state index is 13.1.